The van der Waals surface area contributed by atoms with Crippen LogP contribution < -0.4 is 14.7 Å². The highest BCUT2D eigenvalue weighted by molar-refractivity contribution is 6.06. The molecule has 1 fully saturated rings. The van der Waals surface area contributed by atoms with E-state index in [1.807, 2.05) is 13.8 Å². The van der Waals surface area contributed by atoms with Gasteiger partial charge in [-0.15, -0.1) is 12.8 Å². The van der Waals surface area contributed by atoms with Gasteiger partial charge in [0.15, 0.2) is 0 Å². The van der Waals surface area contributed by atoms with E-state index in [2.05, 4.69) is 291 Å². The maximum absolute atomic E-state index is 4.00. The highest BCUT2D eigenvalue weighted by Gasteiger charge is 2.49. The standard InChI is InChI=1S/C65H57N3.C2H6.C2H2/c1-4-5-8-23-61-47(2)67(64-26-14-15-43-65(61,64)3)57-37-29-49(30-38-57)51-33-41-59(42-34-51)68(63-25-17-22-55-45-53-20-10-11-21-54(53)46-60(55)63)58-39-31-50(32-40-58)48-27-35-56(36-28-48)66-44-16-7-6-9-18-52-19-12-13-24-62(52)66;2*1-2/h4-7,9-17,19-43,45-47,64H,8,18,44H2,1-3H3;1-2H3;1-2H/b5-4-,9-6-,16-7-,61-23+;;. The molecule has 3 atom stereocenters. The van der Waals surface area contributed by atoms with Gasteiger partial charge in [-0.1, -0.05) is 184 Å². The van der Waals surface area contributed by atoms with E-state index in [4.69, 9.17) is 0 Å². The first-order chi connectivity index (χ1) is 35.5. The Kier molecular flexibility index (Phi) is 15.0. The highest BCUT2D eigenvalue weighted by atomic mass is 15.2. The fraction of sp³-hybridized carbons (Fsp3) is 0.159. The van der Waals surface area contributed by atoms with Crippen LogP contribution in [0.15, 0.2) is 248 Å². The van der Waals surface area contributed by atoms with Crippen LogP contribution in [0.4, 0.5) is 34.1 Å². The number of allylic oxidation sites excluding steroid dienone is 8. The molecular formula is C69H65N3. The van der Waals surface area contributed by atoms with Crippen molar-refractivity contribution in [2.24, 2.45) is 5.41 Å². The minimum Gasteiger partial charge on any atom is -0.357 e. The van der Waals surface area contributed by atoms with Crippen LogP contribution in [0.5, 0.6) is 0 Å². The van der Waals surface area contributed by atoms with Crippen LogP contribution in [0.2, 0.25) is 0 Å². The van der Waals surface area contributed by atoms with Crippen LogP contribution in [-0.2, 0) is 6.42 Å². The zero-order chi connectivity index (χ0) is 50.0. The quantitative estimate of drug-likeness (QED) is 0.0811. The number of hydrogen-bond acceptors (Lipinski definition) is 3. The number of rotatable bonds is 9. The normalized spacial score (nSPS) is 19.3. The molecule has 11 rings (SSSR count). The van der Waals surface area contributed by atoms with Crippen molar-refractivity contribution >= 4 is 55.7 Å². The van der Waals surface area contributed by atoms with Crippen molar-refractivity contribution in [3.63, 3.8) is 0 Å². The van der Waals surface area contributed by atoms with E-state index >= 15 is 0 Å². The van der Waals surface area contributed by atoms with E-state index in [1.165, 1.54) is 72.0 Å². The van der Waals surface area contributed by atoms with Crippen LogP contribution in [0.25, 0.3) is 43.8 Å². The van der Waals surface area contributed by atoms with E-state index in [9.17, 15) is 0 Å². The fourth-order valence-electron chi connectivity index (χ4n) is 11.0. The topological polar surface area (TPSA) is 9.72 Å². The molecule has 3 heteroatoms. The summed E-state index contributed by atoms with van der Waals surface area (Å²) in [5.74, 6) is 0. The average molecular weight is 936 g/mol. The number of terminal acetylenes is 1. The lowest BCUT2D eigenvalue weighted by molar-refractivity contribution is 0.495. The van der Waals surface area contributed by atoms with Gasteiger partial charge in [-0.2, -0.15) is 0 Å². The molecule has 72 heavy (non-hydrogen) atoms. The van der Waals surface area contributed by atoms with Crippen molar-refractivity contribution in [3.05, 3.63) is 254 Å². The summed E-state index contributed by atoms with van der Waals surface area (Å²) in [5.41, 5.74) is 14.6. The highest BCUT2D eigenvalue weighted by Crippen LogP contribution is 2.50. The lowest BCUT2D eigenvalue weighted by Crippen LogP contribution is -2.38. The number of hydrogen-bond donors (Lipinski definition) is 0. The molecule has 0 saturated carbocycles. The molecule has 3 aliphatic rings. The van der Waals surface area contributed by atoms with Crippen molar-refractivity contribution in [1.82, 2.24) is 0 Å². The smallest absolute Gasteiger partial charge is 0.0608 e. The van der Waals surface area contributed by atoms with Crippen LogP contribution in [0.1, 0.15) is 46.6 Å². The van der Waals surface area contributed by atoms with Gasteiger partial charge in [-0.3, -0.25) is 0 Å². The summed E-state index contributed by atoms with van der Waals surface area (Å²) in [6.45, 7) is 11.7. The Hall–Kier alpha value is -8.32. The SMILES string of the molecule is C#C.C/C=C\C/C=C1\C(C)N(c2ccc(-c3ccc(N(c4ccc(-c5ccc(N6C/C=C\C=C/Cc7ccccc76)cc5)cc4)c4cccc5cc6ccccc6cc45)cc3)cc2)C2C=CC=CC12C.CC. The van der Waals surface area contributed by atoms with Crippen LogP contribution in [0, 0.1) is 18.3 Å². The second-order valence-corrected chi connectivity index (χ2v) is 18.5. The lowest BCUT2D eigenvalue weighted by atomic mass is 9.75. The molecule has 0 spiro atoms. The zero-order valence-corrected chi connectivity index (χ0v) is 42.4. The zero-order valence-electron chi connectivity index (χ0n) is 42.4. The van der Waals surface area contributed by atoms with Crippen LogP contribution >= 0.6 is 0 Å². The largest absolute Gasteiger partial charge is 0.357 e. The molecule has 3 unspecified atom stereocenters. The van der Waals surface area contributed by atoms with E-state index in [0.717, 1.165) is 36.4 Å². The Morgan fingerprint density at radius 2 is 1.18 bits per heavy atom. The molecule has 1 saturated heterocycles. The third-order valence-electron chi connectivity index (χ3n) is 14.5. The van der Waals surface area contributed by atoms with Gasteiger partial charge in [0.2, 0.25) is 0 Å². The van der Waals surface area contributed by atoms with Gasteiger partial charge < -0.3 is 14.7 Å². The third kappa shape index (κ3) is 9.62. The predicted octanol–water partition coefficient (Wildman–Crippen LogP) is 18.5. The Balaban J connectivity index is 0.00000156. The van der Waals surface area contributed by atoms with Gasteiger partial charge in [0.05, 0.1) is 11.7 Å². The second kappa shape index (κ2) is 22.2. The maximum Gasteiger partial charge on any atom is 0.0608 e. The second-order valence-electron chi connectivity index (χ2n) is 18.5. The predicted molar refractivity (Wildman–Crippen MR) is 313 cm³/mol. The summed E-state index contributed by atoms with van der Waals surface area (Å²) in [6.07, 6.45) is 34.7. The van der Waals surface area contributed by atoms with Gasteiger partial charge >= 0.3 is 0 Å². The van der Waals surface area contributed by atoms with Crippen LogP contribution in [0.3, 0.4) is 0 Å². The Morgan fingerprint density at radius 3 is 1.83 bits per heavy atom. The molecule has 8 aromatic rings. The van der Waals surface area contributed by atoms with E-state index in [-0.39, 0.29) is 11.5 Å². The summed E-state index contributed by atoms with van der Waals surface area (Å²) < 4.78 is 0. The number of fused-ring (bicyclic) bond motifs is 4. The summed E-state index contributed by atoms with van der Waals surface area (Å²) in [5, 5.41) is 4.92. The number of para-hydroxylation sites is 1. The first kappa shape index (κ1) is 48.7. The minimum absolute atomic E-state index is 0.0325. The van der Waals surface area contributed by atoms with Crippen molar-refractivity contribution < 1.29 is 0 Å². The average Bonchev–Trinajstić information content (AvgIpc) is 3.72. The van der Waals surface area contributed by atoms with E-state index in [0.29, 0.717) is 6.04 Å². The first-order valence-electron chi connectivity index (χ1n) is 25.6. The van der Waals surface area contributed by atoms with Crippen molar-refractivity contribution in [1.29, 1.82) is 0 Å². The molecular weight excluding hydrogens is 871 g/mol. The molecule has 0 aromatic heterocycles. The van der Waals surface area contributed by atoms with Crippen molar-refractivity contribution in [3.8, 4) is 35.1 Å². The fourth-order valence-corrected chi connectivity index (χ4v) is 11.0. The minimum atomic E-state index is -0.0325. The van der Waals surface area contributed by atoms with E-state index < -0.39 is 0 Å². The van der Waals surface area contributed by atoms with Crippen molar-refractivity contribution in [2.75, 3.05) is 21.2 Å². The Labute approximate surface area is 428 Å². The molecule has 0 bridgehead atoms. The van der Waals surface area contributed by atoms with Gasteiger partial charge in [0.1, 0.15) is 0 Å². The Bertz CT molecular complexity index is 3340. The summed E-state index contributed by atoms with van der Waals surface area (Å²) >= 11 is 0. The number of nitrogens with zero attached hydrogens (tertiary/aromatic N) is 3. The molecule has 0 N–H and O–H groups in total. The summed E-state index contributed by atoms with van der Waals surface area (Å²) in [6, 6.07) is 65.8. The van der Waals surface area contributed by atoms with Gasteiger partial charge in [0.25, 0.3) is 0 Å². The summed E-state index contributed by atoms with van der Waals surface area (Å²) in [7, 11) is 0. The van der Waals surface area contributed by atoms with Gasteiger partial charge in [-0.05, 0) is 156 Å². The third-order valence-corrected chi connectivity index (χ3v) is 14.5. The monoisotopic (exact) mass is 936 g/mol. The molecule has 2 heterocycles. The molecule has 2 aliphatic heterocycles. The maximum atomic E-state index is 4.00. The van der Waals surface area contributed by atoms with Crippen LogP contribution in [-0.4, -0.2) is 18.6 Å². The number of benzene rings is 8. The molecule has 3 nitrogen and oxygen atoms in total. The lowest BCUT2D eigenvalue weighted by Gasteiger charge is -2.34. The van der Waals surface area contributed by atoms with Gasteiger partial charge in [-0.25, -0.2) is 0 Å². The Morgan fingerprint density at radius 1 is 0.611 bits per heavy atom. The van der Waals surface area contributed by atoms with Gasteiger partial charge in [0, 0.05) is 51.8 Å². The molecule has 1 aliphatic carbocycles. The molecule has 356 valence electrons. The molecule has 8 aromatic carbocycles. The number of anilines is 6. The molecule has 0 radical (unpaired) electrons. The van der Waals surface area contributed by atoms with E-state index in [1.54, 1.807) is 0 Å². The molecule has 0 amide bonds. The van der Waals surface area contributed by atoms with Crippen molar-refractivity contribution in [2.45, 2.75) is 59.5 Å². The summed E-state index contributed by atoms with van der Waals surface area (Å²) in [4.78, 5) is 7.43. The first-order valence-corrected chi connectivity index (χ1v) is 25.6.